The number of hydrogen-bond acceptors (Lipinski definition) is 2. The van der Waals surface area contributed by atoms with E-state index in [1.807, 2.05) is 0 Å². The first-order valence-electron chi connectivity index (χ1n) is 11.5. The van der Waals surface area contributed by atoms with Crippen LogP contribution in [-0.2, 0) is 0 Å². The maximum absolute atomic E-state index is 5.08. The summed E-state index contributed by atoms with van der Waals surface area (Å²) in [5.41, 5.74) is 16.4. The summed E-state index contributed by atoms with van der Waals surface area (Å²) in [5, 5.41) is 0. The lowest BCUT2D eigenvalue weighted by Crippen LogP contribution is -1.95. The van der Waals surface area contributed by atoms with Crippen LogP contribution in [0.2, 0.25) is 0 Å². The van der Waals surface area contributed by atoms with Gasteiger partial charge in [0, 0.05) is 45.3 Å². The number of allylic oxidation sites excluding steroid dienone is 2. The number of nitrogens with zero attached hydrogens (tertiary/aromatic N) is 2. The lowest BCUT2D eigenvalue weighted by Gasteiger charge is -2.08. The molecule has 164 valence electrons. The Balaban J connectivity index is 1.97. The molecule has 0 aliphatic carbocycles. The SMILES string of the molecule is CC1=C(C)c2cc3[nH]c(cc4nc(cc5[nH]c(cc1n2)c(C)c5C)C(C)C4C)c(C)c3C. The second-order valence-corrected chi connectivity index (χ2v) is 9.65. The Hall–Kier alpha value is -3.14. The van der Waals surface area contributed by atoms with Crippen molar-refractivity contribution < 1.29 is 0 Å². The van der Waals surface area contributed by atoms with E-state index in [4.69, 9.17) is 9.97 Å². The van der Waals surface area contributed by atoms with Crippen LogP contribution in [0.15, 0.2) is 24.3 Å². The number of nitrogens with one attached hydrogen (secondary N) is 2. The van der Waals surface area contributed by atoms with E-state index in [1.54, 1.807) is 0 Å². The predicted octanol–water partition coefficient (Wildman–Crippen LogP) is 7.41. The molecular weight excluding hydrogens is 392 g/mol. The van der Waals surface area contributed by atoms with Gasteiger partial charge in [0.15, 0.2) is 0 Å². The van der Waals surface area contributed by atoms with Crippen LogP contribution in [0.25, 0.3) is 33.2 Å². The topological polar surface area (TPSA) is 57.4 Å². The molecule has 4 heteroatoms. The van der Waals surface area contributed by atoms with Gasteiger partial charge in [-0.05, 0) is 99.2 Å². The molecule has 0 radical (unpaired) electrons. The number of aromatic amines is 2. The maximum Gasteiger partial charge on any atom is 0.0690 e. The standard InChI is InChI=1S/C28H32N4/c1-13-14(2)22-10-24-17(5)18(6)26(31-24)12-28-20(8)19(7)27(32-28)11-25-16(4)15(3)23(30-25)9-21(13)29-22/h9-14,30-31H,1-8H3. The minimum Gasteiger partial charge on any atom is -0.355 e. The molecule has 0 spiro atoms. The van der Waals surface area contributed by atoms with Gasteiger partial charge in [-0.1, -0.05) is 13.8 Å². The summed E-state index contributed by atoms with van der Waals surface area (Å²) < 4.78 is 0. The van der Waals surface area contributed by atoms with E-state index < -0.39 is 0 Å². The van der Waals surface area contributed by atoms with Crippen molar-refractivity contribution in [3.63, 3.8) is 0 Å². The van der Waals surface area contributed by atoms with Crippen LogP contribution in [0, 0.1) is 27.7 Å². The number of aromatic nitrogens is 4. The lowest BCUT2D eigenvalue weighted by atomic mass is 9.93. The zero-order valence-electron chi connectivity index (χ0n) is 20.4. The van der Waals surface area contributed by atoms with Crippen LogP contribution >= 0.6 is 0 Å². The zero-order chi connectivity index (χ0) is 22.9. The molecule has 5 rings (SSSR count). The summed E-state index contributed by atoms with van der Waals surface area (Å²) >= 11 is 0. The average Bonchev–Trinajstić information content (AvgIpc) is 3.37. The third-order valence-corrected chi connectivity index (χ3v) is 7.94. The highest BCUT2D eigenvalue weighted by Crippen LogP contribution is 2.37. The van der Waals surface area contributed by atoms with Gasteiger partial charge in [0.25, 0.3) is 0 Å². The summed E-state index contributed by atoms with van der Waals surface area (Å²) in [6.45, 7) is 17.6. The molecule has 0 aromatic carbocycles. The van der Waals surface area contributed by atoms with Crippen LogP contribution in [0.5, 0.6) is 0 Å². The van der Waals surface area contributed by atoms with E-state index in [1.165, 1.54) is 33.4 Å². The smallest absolute Gasteiger partial charge is 0.0690 e. The largest absolute Gasteiger partial charge is 0.355 e. The number of rotatable bonds is 0. The van der Waals surface area contributed by atoms with E-state index in [0.717, 1.165) is 44.8 Å². The van der Waals surface area contributed by atoms with Gasteiger partial charge in [0.05, 0.1) is 11.4 Å². The minimum absolute atomic E-state index is 0.374. The molecule has 8 bridgehead atoms. The molecule has 0 saturated heterocycles. The van der Waals surface area contributed by atoms with Gasteiger partial charge in [-0.25, -0.2) is 4.98 Å². The Kier molecular flexibility index (Phi) is 4.66. The van der Waals surface area contributed by atoms with Crippen LogP contribution in [-0.4, -0.2) is 19.9 Å². The minimum atomic E-state index is 0.374. The number of hydrogen-bond donors (Lipinski definition) is 2. The van der Waals surface area contributed by atoms with Gasteiger partial charge in [-0.2, -0.15) is 0 Å². The molecular formula is C28H32N4. The Morgan fingerprint density at radius 3 is 1.25 bits per heavy atom. The third-order valence-electron chi connectivity index (χ3n) is 7.94. The third kappa shape index (κ3) is 3.04. The van der Waals surface area contributed by atoms with Crippen molar-refractivity contribution in [3.8, 4) is 0 Å². The highest BCUT2D eigenvalue weighted by molar-refractivity contribution is 5.92. The second-order valence-electron chi connectivity index (χ2n) is 9.65. The zero-order valence-corrected chi connectivity index (χ0v) is 20.4. The summed E-state index contributed by atoms with van der Waals surface area (Å²) in [7, 11) is 0. The first kappa shape index (κ1) is 20.7. The Labute approximate surface area is 189 Å². The first-order valence-corrected chi connectivity index (χ1v) is 11.5. The lowest BCUT2D eigenvalue weighted by molar-refractivity contribution is 0.655. The number of H-pyrrole nitrogens is 2. The van der Waals surface area contributed by atoms with Crippen molar-refractivity contribution in [2.24, 2.45) is 0 Å². The van der Waals surface area contributed by atoms with Crippen LogP contribution in [0.4, 0.5) is 0 Å². The second kappa shape index (κ2) is 7.19. The van der Waals surface area contributed by atoms with Crippen LogP contribution < -0.4 is 0 Å². The molecule has 4 nitrogen and oxygen atoms in total. The fourth-order valence-electron chi connectivity index (χ4n) is 4.77. The van der Waals surface area contributed by atoms with E-state index in [9.17, 15) is 0 Å². The maximum atomic E-state index is 5.08. The molecule has 0 saturated carbocycles. The van der Waals surface area contributed by atoms with Gasteiger partial charge >= 0.3 is 0 Å². The quantitative estimate of drug-likeness (QED) is 0.395. The van der Waals surface area contributed by atoms with Crippen molar-refractivity contribution >= 4 is 33.2 Å². The fourth-order valence-corrected chi connectivity index (χ4v) is 4.77. The molecule has 2 atom stereocenters. The molecule has 0 amide bonds. The van der Waals surface area contributed by atoms with Gasteiger partial charge in [0.1, 0.15) is 0 Å². The van der Waals surface area contributed by atoms with Gasteiger partial charge in [0.2, 0.25) is 0 Å². The van der Waals surface area contributed by atoms with Crippen molar-refractivity contribution in [1.82, 2.24) is 19.9 Å². The summed E-state index contributed by atoms with van der Waals surface area (Å²) in [6, 6.07) is 8.86. The molecule has 0 fully saturated rings. The molecule has 3 aromatic rings. The highest BCUT2D eigenvalue weighted by atomic mass is 14.8. The van der Waals surface area contributed by atoms with Gasteiger partial charge in [-0.15, -0.1) is 0 Å². The number of aryl methyl sites for hydroxylation is 4. The number of fused-ring (bicyclic) bond motifs is 8. The summed E-state index contributed by atoms with van der Waals surface area (Å²) in [4.78, 5) is 17.4. The fraction of sp³-hybridized carbons (Fsp3) is 0.357. The predicted molar refractivity (Wildman–Crippen MR) is 135 cm³/mol. The van der Waals surface area contributed by atoms with Crippen LogP contribution in [0.3, 0.4) is 0 Å². The van der Waals surface area contributed by atoms with Crippen molar-refractivity contribution in [2.75, 3.05) is 0 Å². The molecule has 32 heavy (non-hydrogen) atoms. The molecule has 3 aromatic heterocycles. The molecule has 2 N–H and O–H groups in total. The van der Waals surface area contributed by atoms with Crippen molar-refractivity contribution in [3.05, 3.63) is 69.3 Å². The highest BCUT2D eigenvalue weighted by Gasteiger charge is 2.25. The summed E-state index contributed by atoms with van der Waals surface area (Å²) in [6.07, 6.45) is 0. The van der Waals surface area contributed by atoms with E-state index in [-0.39, 0.29) is 0 Å². The molecule has 5 heterocycles. The van der Waals surface area contributed by atoms with Crippen LogP contribution in [0.1, 0.15) is 84.6 Å². The molecule has 2 aliphatic heterocycles. The Morgan fingerprint density at radius 1 is 0.531 bits per heavy atom. The first-order chi connectivity index (χ1) is 15.2. The summed E-state index contributed by atoms with van der Waals surface area (Å²) in [5.74, 6) is 0.747. The average molecular weight is 425 g/mol. The Morgan fingerprint density at radius 2 is 0.875 bits per heavy atom. The van der Waals surface area contributed by atoms with E-state index >= 15 is 0 Å². The molecule has 2 unspecified atom stereocenters. The monoisotopic (exact) mass is 424 g/mol. The van der Waals surface area contributed by atoms with Crippen molar-refractivity contribution in [1.29, 1.82) is 0 Å². The van der Waals surface area contributed by atoms with E-state index in [0.29, 0.717) is 11.8 Å². The van der Waals surface area contributed by atoms with Crippen molar-refractivity contribution in [2.45, 2.75) is 67.2 Å². The Bertz CT molecular complexity index is 1360. The molecule has 2 aliphatic rings. The van der Waals surface area contributed by atoms with Gasteiger partial charge in [-0.3, -0.25) is 4.98 Å². The normalized spacial score (nSPS) is 18.5. The van der Waals surface area contributed by atoms with Gasteiger partial charge < -0.3 is 9.97 Å². The van der Waals surface area contributed by atoms with E-state index in [2.05, 4.69) is 89.6 Å².